The van der Waals surface area contributed by atoms with Gasteiger partial charge in [-0.1, -0.05) is 32.4 Å². The van der Waals surface area contributed by atoms with Crippen molar-refractivity contribution >= 4 is 17.5 Å². The van der Waals surface area contributed by atoms with Crippen LogP contribution in [0.4, 0.5) is 5.69 Å². The van der Waals surface area contributed by atoms with E-state index in [2.05, 4.69) is 24.4 Å². The van der Waals surface area contributed by atoms with Crippen LogP contribution < -0.4 is 10.2 Å². The van der Waals surface area contributed by atoms with Crippen molar-refractivity contribution in [2.75, 3.05) is 18.0 Å². The van der Waals surface area contributed by atoms with Gasteiger partial charge in [0.25, 0.3) is 0 Å². The molecule has 2 rings (SSSR count). The Balaban J connectivity index is 1.97. The molecule has 1 N–H and O–H groups in total. The summed E-state index contributed by atoms with van der Waals surface area (Å²) in [7, 11) is 0. The van der Waals surface area contributed by atoms with Gasteiger partial charge in [0.2, 0.25) is 11.8 Å². The monoisotopic (exact) mass is 302 g/mol. The van der Waals surface area contributed by atoms with E-state index in [0.717, 1.165) is 18.5 Å². The van der Waals surface area contributed by atoms with Gasteiger partial charge in [-0.2, -0.15) is 0 Å². The lowest BCUT2D eigenvalue weighted by Gasteiger charge is -2.17. The van der Waals surface area contributed by atoms with Crippen LogP contribution in [0.15, 0.2) is 24.3 Å². The molecule has 22 heavy (non-hydrogen) atoms. The summed E-state index contributed by atoms with van der Waals surface area (Å²) < 4.78 is 0. The first-order valence-corrected chi connectivity index (χ1v) is 8.32. The maximum atomic E-state index is 12.2. The molecule has 1 heterocycles. The summed E-state index contributed by atoms with van der Waals surface area (Å²) in [6.45, 7) is 5.37. The van der Waals surface area contributed by atoms with Crippen molar-refractivity contribution in [2.45, 2.75) is 46.0 Å². The maximum absolute atomic E-state index is 12.2. The number of nitrogens with zero attached hydrogens (tertiary/aromatic N) is 1. The summed E-state index contributed by atoms with van der Waals surface area (Å²) in [5, 5.41) is 2.88. The Morgan fingerprint density at radius 2 is 1.95 bits per heavy atom. The van der Waals surface area contributed by atoms with Gasteiger partial charge in [-0.15, -0.1) is 0 Å². The molecule has 0 bridgehead atoms. The van der Waals surface area contributed by atoms with Crippen LogP contribution in [0.3, 0.4) is 0 Å². The van der Waals surface area contributed by atoms with Crippen LogP contribution in [0.1, 0.15) is 45.1 Å². The minimum Gasteiger partial charge on any atom is -0.356 e. The van der Waals surface area contributed by atoms with Crippen LogP contribution in [0, 0.1) is 5.92 Å². The highest BCUT2D eigenvalue weighted by Gasteiger charge is 2.34. The molecule has 1 aliphatic heterocycles. The molecule has 4 nitrogen and oxygen atoms in total. The molecule has 4 heteroatoms. The number of hydrogen-bond donors (Lipinski definition) is 1. The molecule has 1 aromatic carbocycles. The molecular weight excluding hydrogens is 276 g/mol. The minimum absolute atomic E-state index is 0.00253. The van der Waals surface area contributed by atoms with E-state index >= 15 is 0 Å². The zero-order valence-electron chi connectivity index (χ0n) is 13.6. The average Bonchev–Trinajstić information content (AvgIpc) is 2.93. The summed E-state index contributed by atoms with van der Waals surface area (Å²) in [6, 6.07) is 8.16. The summed E-state index contributed by atoms with van der Waals surface area (Å²) in [6.07, 6.45) is 4.66. The van der Waals surface area contributed by atoms with Crippen LogP contribution in [0.2, 0.25) is 0 Å². The molecule has 120 valence electrons. The largest absolute Gasteiger partial charge is 0.356 e. The molecule has 0 unspecified atom stereocenters. The predicted octanol–water partition coefficient (Wildman–Crippen LogP) is 2.91. The molecule has 0 radical (unpaired) electrons. The Hall–Kier alpha value is -1.84. The van der Waals surface area contributed by atoms with Crippen molar-refractivity contribution < 1.29 is 9.59 Å². The van der Waals surface area contributed by atoms with E-state index in [1.54, 1.807) is 4.90 Å². The second-order valence-corrected chi connectivity index (χ2v) is 5.97. The number of unbranched alkanes of at least 4 members (excludes halogenated alkanes) is 1. The highest BCUT2D eigenvalue weighted by molar-refractivity contribution is 6.00. The van der Waals surface area contributed by atoms with Gasteiger partial charge in [0.05, 0.1) is 5.92 Å². The number of amides is 2. The number of carbonyl (C=O) groups excluding carboxylic acids is 2. The molecule has 0 saturated carbocycles. The smallest absolute Gasteiger partial charge is 0.227 e. The van der Waals surface area contributed by atoms with Crippen molar-refractivity contribution in [1.29, 1.82) is 0 Å². The van der Waals surface area contributed by atoms with E-state index in [4.69, 9.17) is 0 Å². The van der Waals surface area contributed by atoms with Gasteiger partial charge in [0.1, 0.15) is 0 Å². The number of aryl methyl sites for hydroxylation is 1. The quantitative estimate of drug-likeness (QED) is 0.842. The summed E-state index contributed by atoms with van der Waals surface area (Å²) >= 11 is 0. The third kappa shape index (κ3) is 4.09. The number of hydrogen-bond acceptors (Lipinski definition) is 2. The zero-order valence-corrected chi connectivity index (χ0v) is 13.6. The fourth-order valence-electron chi connectivity index (χ4n) is 2.75. The molecule has 1 atom stereocenters. The Morgan fingerprint density at radius 3 is 2.59 bits per heavy atom. The molecule has 1 saturated heterocycles. The van der Waals surface area contributed by atoms with Gasteiger partial charge in [-0.05, 0) is 37.0 Å². The number of carbonyl (C=O) groups is 2. The van der Waals surface area contributed by atoms with E-state index < -0.39 is 0 Å². The molecular formula is C18H26N2O2. The Bertz CT molecular complexity index is 510. The molecule has 0 aromatic heterocycles. The van der Waals surface area contributed by atoms with Crippen LogP contribution in [-0.2, 0) is 16.0 Å². The first-order chi connectivity index (χ1) is 10.7. The molecule has 1 aliphatic rings. The number of nitrogens with one attached hydrogen (secondary N) is 1. The van der Waals surface area contributed by atoms with Gasteiger partial charge in [-0.3, -0.25) is 9.59 Å². The average molecular weight is 302 g/mol. The lowest BCUT2D eigenvalue weighted by Crippen LogP contribution is -2.33. The number of benzene rings is 1. The molecule has 2 amide bonds. The van der Waals surface area contributed by atoms with Crippen LogP contribution in [-0.4, -0.2) is 24.9 Å². The van der Waals surface area contributed by atoms with Crippen LogP contribution in [0.5, 0.6) is 0 Å². The zero-order chi connectivity index (χ0) is 15.9. The lowest BCUT2D eigenvalue weighted by atomic mass is 10.1. The Kier molecular flexibility index (Phi) is 5.99. The highest BCUT2D eigenvalue weighted by Crippen LogP contribution is 2.25. The topological polar surface area (TPSA) is 49.4 Å². The Morgan fingerprint density at radius 1 is 1.23 bits per heavy atom. The summed E-state index contributed by atoms with van der Waals surface area (Å²) in [4.78, 5) is 25.9. The number of anilines is 1. The van der Waals surface area contributed by atoms with E-state index in [1.165, 1.54) is 18.4 Å². The normalized spacial score (nSPS) is 17.8. The first kappa shape index (κ1) is 16.5. The minimum atomic E-state index is -0.223. The maximum Gasteiger partial charge on any atom is 0.227 e. The van der Waals surface area contributed by atoms with Crippen LogP contribution in [0.25, 0.3) is 0 Å². The van der Waals surface area contributed by atoms with Crippen molar-refractivity contribution in [3.8, 4) is 0 Å². The van der Waals surface area contributed by atoms with Crippen molar-refractivity contribution in [3.63, 3.8) is 0 Å². The highest BCUT2D eigenvalue weighted by atomic mass is 16.2. The summed E-state index contributed by atoms with van der Waals surface area (Å²) in [5.41, 5.74) is 2.20. The number of rotatable bonds is 7. The van der Waals surface area contributed by atoms with Crippen LogP contribution >= 0.6 is 0 Å². The van der Waals surface area contributed by atoms with Gasteiger partial charge in [-0.25, -0.2) is 0 Å². The Labute approximate surface area is 132 Å². The molecule has 0 aliphatic carbocycles. The lowest BCUT2D eigenvalue weighted by molar-refractivity contribution is -0.126. The predicted molar refractivity (Wildman–Crippen MR) is 88.8 cm³/mol. The summed E-state index contributed by atoms with van der Waals surface area (Å²) in [5.74, 6) is -0.186. The third-order valence-corrected chi connectivity index (χ3v) is 4.11. The van der Waals surface area contributed by atoms with E-state index in [9.17, 15) is 9.59 Å². The first-order valence-electron chi connectivity index (χ1n) is 8.32. The van der Waals surface area contributed by atoms with E-state index in [0.29, 0.717) is 19.5 Å². The van der Waals surface area contributed by atoms with E-state index in [-0.39, 0.29) is 17.7 Å². The molecule has 1 aromatic rings. The van der Waals surface area contributed by atoms with Gasteiger partial charge >= 0.3 is 0 Å². The molecule has 1 fully saturated rings. The third-order valence-electron chi connectivity index (χ3n) is 4.11. The van der Waals surface area contributed by atoms with Crippen molar-refractivity contribution in [3.05, 3.63) is 29.8 Å². The fraction of sp³-hybridized carbons (Fsp3) is 0.556. The van der Waals surface area contributed by atoms with Gasteiger partial charge in [0.15, 0.2) is 0 Å². The van der Waals surface area contributed by atoms with Gasteiger partial charge in [0, 0.05) is 25.2 Å². The van der Waals surface area contributed by atoms with Crippen molar-refractivity contribution in [1.82, 2.24) is 5.32 Å². The fourth-order valence-corrected chi connectivity index (χ4v) is 2.75. The molecule has 0 spiro atoms. The van der Waals surface area contributed by atoms with Crippen molar-refractivity contribution in [2.24, 2.45) is 5.92 Å². The van der Waals surface area contributed by atoms with Gasteiger partial charge < -0.3 is 10.2 Å². The van der Waals surface area contributed by atoms with E-state index in [1.807, 2.05) is 19.1 Å². The SMILES string of the molecule is CCCCc1ccc(N2C[C@H](C(=O)NCCC)CC2=O)cc1. The standard InChI is InChI=1S/C18H26N2O2/c1-3-5-6-14-7-9-16(10-8-14)20-13-15(12-17(20)21)18(22)19-11-4-2/h7-10,15H,3-6,11-13H2,1-2H3,(H,19,22)/t15-/m1/s1. The second-order valence-electron chi connectivity index (χ2n) is 5.97. The second kappa shape index (κ2) is 7.97.